The highest BCUT2D eigenvalue weighted by atomic mass is 16.3. The molecule has 1 aromatic carbocycles. The zero-order valence-corrected chi connectivity index (χ0v) is 18.8. The number of hydrogen-bond acceptors (Lipinski definition) is 1. The minimum Gasteiger partial charge on any atom is -0.507 e. The lowest BCUT2D eigenvalue weighted by atomic mass is 9.68. The molecule has 27 heavy (non-hydrogen) atoms. The molecule has 2 aliphatic rings. The van der Waals surface area contributed by atoms with Gasteiger partial charge in [-0.3, -0.25) is 0 Å². The van der Waals surface area contributed by atoms with Crippen molar-refractivity contribution in [2.75, 3.05) is 0 Å². The Bertz CT molecular complexity index is 590. The summed E-state index contributed by atoms with van der Waals surface area (Å²) in [4.78, 5) is 0. The highest BCUT2D eigenvalue weighted by Gasteiger charge is 2.35. The van der Waals surface area contributed by atoms with Gasteiger partial charge in [0.15, 0.2) is 0 Å². The van der Waals surface area contributed by atoms with Gasteiger partial charge in [0.2, 0.25) is 0 Å². The minimum absolute atomic E-state index is 0.0648. The van der Waals surface area contributed by atoms with Crippen molar-refractivity contribution in [2.24, 2.45) is 0 Å². The molecule has 0 atom stereocenters. The second-order valence-corrected chi connectivity index (χ2v) is 11.3. The molecule has 3 rings (SSSR count). The lowest BCUT2D eigenvalue weighted by molar-refractivity contribution is 0.380. The summed E-state index contributed by atoms with van der Waals surface area (Å²) in [6.45, 7) is 13.9. The van der Waals surface area contributed by atoms with Crippen molar-refractivity contribution in [1.82, 2.24) is 0 Å². The van der Waals surface area contributed by atoms with Gasteiger partial charge in [-0.1, -0.05) is 86.1 Å². The van der Waals surface area contributed by atoms with Gasteiger partial charge in [-0.05, 0) is 59.5 Å². The Hall–Kier alpha value is -0.980. The predicted octanol–water partition coefficient (Wildman–Crippen LogP) is 8.08. The van der Waals surface area contributed by atoms with Gasteiger partial charge in [-0.2, -0.15) is 0 Å². The predicted molar refractivity (Wildman–Crippen MR) is 117 cm³/mol. The molecule has 1 heteroatoms. The van der Waals surface area contributed by atoms with E-state index in [2.05, 4.69) is 47.6 Å². The van der Waals surface area contributed by atoms with E-state index < -0.39 is 0 Å². The first-order chi connectivity index (χ1) is 12.6. The van der Waals surface area contributed by atoms with Crippen LogP contribution in [0.25, 0.3) is 0 Å². The molecule has 0 spiro atoms. The average molecular weight is 371 g/mol. The maximum absolute atomic E-state index is 11.8. The molecule has 1 aromatic rings. The fourth-order valence-corrected chi connectivity index (χ4v) is 5.55. The molecule has 0 saturated heterocycles. The van der Waals surface area contributed by atoms with Crippen molar-refractivity contribution >= 4 is 0 Å². The number of aromatic hydroxyl groups is 1. The molecule has 0 heterocycles. The maximum atomic E-state index is 11.8. The summed E-state index contributed by atoms with van der Waals surface area (Å²) in [6, 6.07) is 2.51. The molecule has 2 aliphatic carbocycles. The zero-order valence-electron chi connectivity index (χ0n) is 18.8. The van der Waals surface area contributed by atoms with Crippen molar-refractivity contribution in [1.29, 1.82) is 0 Å². The Morgan fingerprint density at radius 3 is 1.26 bits per heavy atom. The minimum atomic E-state index is 0.0648. The number of hydrogen-bond donors (Lipinski definition) is 1. The van der Waals surface area contributed by atoms with E-state index in [1.807, 2.05) is 0 Å². The van der Waals surface area contributed by atoms with E-state index in [-0.39, 0.29) is 10.8 Å². The summed E-state index contributed by atoms with van der Waals surface area (Å²) < 4.78 is 0. The smallest absolute Gasteiger partial charge is 0.123 e. The fraction of sp³-hybridized carbons (Fsp3) is 0.769. The van der Waals surface area contributed by atoms with Gasteiger partial charge < -0.3 is 5.11 Å². The van der Waals surface area contributed by atoms with E-state index in [0.29, 0.717) is 17.6 Å². The average Bonchev–Trinajstić information content (AvgIpc) is 2.60. The number of benzene rings is 1. The van der Waals surface area contributed by atoms with Gasteiger partial charge in [0.25, 0.3) is 0 Å². The highest BCUT2D eigenvalue weighted by Crippen LogP contribution is 2.51. The Balaban J connectivity index is 2.24. The van der Waals surface area contributed by atoms with Gasteiger partial charge in [-0.25, -0.2) is 0 Å². The Morgan fingerprint density at radius 1 is 0.630 bits per heavy atom. The van der Waals surface area contributed by atoms with Gasteiger partial charge in [0, 0.05) is 11.1 Å². The first kappa shape index (κ1) is 20.7. The summed E-state index contributed by atoms with van der Waals surface area (Å²) in [7, 11) is 0. The second kappa shape index (κ2) is 7.80. The van der Waals surface area contributed by atoms with Gasteiger partial charge in [0.05, 0.1) is 0 Å². The monoisotopic (exact) mass is 370 g/mol. The van der Waals surface area contributed by atoms with Crippen LogP contribution in [0.4, 0.5) is 0 Å². The molecule has 0 bridgehead atoms. The van der Waals surface area contributed by atoms with Crippen LogP contribution in [0.15, 0.2) is 6.07 Å². The first-order valence-electron chi connectivity index (χ1n) is 11.5. The van der Waals surface area contributed by atoms with E-state index in [4.69, 9.17) is 0 Å². The molecule has 1 nitrogen and oxygen atoms in total. The van der Waals surface area contributed by atoms with Crippen LogP contribution in [-0.4, -0.2) is 5.11 Å². The molecule has 2 fully saturated rings. The van der Waals surface area contributed by atoms with Crippen LogP contribution < -0.4 is 0 Å². The van der Waals surface area contributed by atoms with Gasteiger partial charge >= 0.3 is 0 Å². The Kier molecular flexibility index (Phi) is 5.99. The van der Waals surface area contributed by atoms with Crippen LogP contribution in [-0.2, 0) is 10.8 Å². The molecule has 0 radical (unpaired) electrons. The molecular formula is C26H42O. The van der Waals surface area contributed by atoms with Crippen LogP contribution in [0.3, 0.4) is 0 Å². The van der Waals surface area contributed by atoms with Gasteiger partial charge in [-0.15, -0.1) is 0 Å². The number of phenolic OH excluding ortho intramolecular Hbond substituents is 1. The summed E-state index contributed by atoms with van der Waals surface area (Å²) in [5.74, 6) is 1.78. The summed E-state index contributed by atoms with van der Waals surface area (Å²) >= 11 is 0. The number of rotatable bonds is 2. The third-order valence-electron chi connectivity index (χ3n) is 7.02. The molecule has 0 aromatic heterocycles. The normalized spacial score (nSPS) is 20.8. The van der Waals surface area contributed by atoms with Crippen LogP contribution in [0.2, 0.25) is 0 Å². The maximum Gasteiger partial charge on any atom is 0.123 e. The standard InChI is InChI=1S/C26H42O/c1-25(2,3)20-17-21(26(4,5)6)23(19-15-11-8-12-16-19)24(27)22(20)18-13-9-7-10-14-18/h17-19,27H,7-16H2,1-6H3. The molecule has 1 N–H and O–H groups in total. The number of phenols is 1. The summed E-state index contributed by atoms with van der Waals surface area (Å²) in [5, 5.41) is 11.8. The quantitative estimate of drug-likeness (QED) is 0.557. The van der Waals surface area contributed by atoms with Crippen molar-refractivity contribution < 1.29 is 5.11 Å². The molecule has 0 amide bonds. The topological polar surface area (TPSA) is 20.2 Å². The lowest BCUT2D eigenvalue weighted by Gasteiger charge is -2.37. The van der Waals surface area contributed by atoms with E-state index in [1.165, 1.54) is 86.5 Å². The van der Waals surface area contributed by atoms with E-state index in [1.54, 1.807) is 0 Å². The Labute approximate surface area is 168 Å². The van der Waals surface area contributed by atoms with E-state index >= 15 is 0 Å². The lowest BCUT2D eigenvalue weighted by Crippen LogP contribution is -2.24. The largest absolute Gasteiger partial charge is 0.507 e. The van der Waals surface area contributed by atoms with E-state index in [0.717, 1.165) is 0 Å². The van der Waals surface area contributed by atoms with Crippen LogP contribution in [0.5, 0.6) is 5.75 Å². The van der Waals surface area contributed by atoms with E-state index in [9.17, 15) is 5.11 Å². The SMILES string of the molecule is CC(C)(C)c1cc(C(C)(C)C)c(C2CCCCC2)c(O)c1C1CCCCC1. The fourth-order valence-electron chi connectivity index (χ4n) is 5.55. The summed E-state index contributed by atoms with van der Waals surface area (Å²) in [6.07, 6.45) is 13.0. The molecule has 152 valence electrons. The Morgan fingerprint density at radius 2 is 0.963 bits per heavy atom. The summed E-state index contributed by atoms with van der Waals surface area (Å²) in [5.41, 5.74) is 5.56. The molecule has 0 aliphatic heterocycles. The van der Waals surface area contributed by atoms with Crippen molar-refractivity contribution in [3.63, 3.8) is 0 Å². The second-order valence-electron chi connectivity index (χ2n) is 11.3. The van der Waals surface area contributed by atoms with Crippen LogP contribution in [0.1, 0.15) is 140 Å². The molecule has 0 unspecified atom stereocenters. The molecule has 2 saturated carbocycles. The third-order valence-corrected chi connectivity index (χ3v) is 7.02. The van der Waals surface area contributed by atoms with Crippen molar-refractivity contribution in [3.05, 3.63) is 28.3 Å². The first-order valence-corrected chi connectivity index (χ1v) is 11.5. The van der Waals surface area contributed by atoms with Crippen LogP contribution >= 0.6 is 0 Å². The van der Waals surface area contributed by atoms with Gasteiger partial charge in [0.1, 0.15) is 5.75 Å². The zero-order chi connectivity index (χ0) is 19.8. The van der Waals surface area contributed by atoms with Crippen molar-refractivity contribution in [3.8, 4) is 5.75 Å². The van der Waals surface area contributed by atoms with Crippen molar-refractivity contribution in [2.45, 2.75) is 128 Å². The molecular weight excluding hydrogens is 328 g/mol. The highest BCUT2D eigenvalue weighted by molar-refractivity contribution is 5.57. The van der Waals surface area contributed by atoms with Crippen LogP contribution in [0, 0.1) is 0 Å². The third kappa shape index (κ3) is 4.38.